The summed E-state index contributed by atoms with van der Waals surface area (Å²) in [6.07, 6.45) is -0.230. The van der Waals surface area contributed by atoms with E-state index in [1.54, 1.807) is 0 Å². The zero-order valence-corrected chi connectivity index (χ0v) is 24.3. The van der Waals surface area contributed by atoms with Crippen LogP contribution in [-0.2, 0) is 22.4 Å². The first kappa shape index (κ1) is 30.2. The second-order valence-electron chi connectivity index (χ2n) is 12.4. The Kier molecular flexibility index (Phi) is 10.0. The Labute approximate surface area is 238 Å². The number of hydrogen-bond donors (Lipinski definition) is 4. The van der Waals surface area contributed by atoms with Crippen LogP contribution in [0, 0.1) is 5.92 Å². The van der Waals surface area contributed by atoms with Crippen LogP contribution >= 0.6 is 0 Å². The van der Waals surface area contributed by atoms with Crippen molar-refractivity contribution in [2.45, 2.75) is 76.8 Å². The summed E-state index contributed by atoms with van der Waals surface area (Å²) in [5, 5.41) is 28.2. The first-order valence-corrected chi connectivity index (χ1v) is 14.6. The van der Waals surface area contributed by atoms with E-state index in [-0.39, 0.29) is 29.8 Å². The van der Waals surface area contributed by atoms with Gasteiger partial charge in [-0.05, 0) is 56.8 Å². The molecule has 1 saturated heterocycles. The molecule has 1 unspecified atom stereocenters. The lowest BCUT2D eigenvalue weighted by molar-refractivity contribution is -0.132. The number of amides is 2. The normalized spacial score (nSPS) is 23.3. The van der Waals surface area contributed by atoms with E-state index in [0.29, 0.717) is 32.5 Å². The fourth-order valence-electron chi connectivity index (χ4n) is 5.96. The van der Waals surface area contributed by atoms with Crippen molar-refractivity contribution in [3.8, 4) is 0 Å². The highest BCUT2D eigenvalue weighted by Gasteiger charge is 2.37. The number of piperazine rings is 1. The number of fused-ring (bicyclic) bond motifs is 1. The molecule has 218 valence electrons. The van der Waals surface area contributed by atoms with Crippen LogP contribution in [0.5, 0.6) is 0 Å². The molecule has 2 aromatic rings. The number of benzene rings is 2. The van der Waals surface area contributed by atoms with Gasteiger partial charge in [-0.3, -0.25) is 14.5 Å². The van der Waals surface area contributed by atoms with Crippen molar-refractivity contribution in [2.75, 3.05) is 32.7 Å². The smallest absolute Gasteiger partial charge is 0.239 e. The fourth-order valence-corrected chi connectivity index (χ4v) is 5.96. The van der Waals surface area contributed by atoms with Crippen molar-refractivity contribution in [1.82, 2.24) is 20.4 Å². The predicted molar refractivity (Wildman–Crippen MR) is 157 cm³/mol. The van der Waals surface area contributed by atoms with Crippen LogP contribution < -0.4 is 10.6 Å². The van der Waals surface area contributed by atoms with E-state index in [0.717, 1.165) is 29.8 Å². The van der Waals surface area contributed by atoms with Crippen molar-refractivity contribution < 1.29 is 19.8 Å². The molecule has 4 rings (SSSR count). The molecule has 2 aliphatic rings. The molecule has 0 radical (unpaired) electrons. The molecular weight excluding hydrogens is 504 g/mol. The Morgan fingerprint density at radius 1 is 1.05 bits per heavy atom. The number of carbonyl (C=O) groups is 2. The number of nitrogens with zero attached hydrogens (tertiary/aromatic N) is 2. The van der Waals surface area contributed by atoms with Crippen molar-refractivity contribution in [2.24, 2.45) is 5.92 Å². The van der Waals surface area contributed by atoms with Gasteiger partial charge in [0.15, 0.2) is 0 Å². The Hall–Kier alpha value is -2.78. The van der Waals surface area contributed by atoms with E-state index in [4.69, 9.17) is 0 Å². The first-order chi connectivity index (χ1) is 19.0. The van der Waals surface area contributed by atoms with Crippen LogP contribution in [0.4, 0.5) is 0 Å². The first-order valence-electron chi connectivity index (χ1n) is 14.6. The summed E-state index contributed by atoms with van der Waals surface area (Å²) in [5.41, 5.74) is 2.66. The maximum atomic E-state index is 13.7. The van der Waals surface area contributed by atoms with Crippen molar-refractivity contribution in [1.29, 1.82) is 0 Å². The van der Waals surface area contributed by atoms with Gasteiger partial charge in [0.05, 0.1) is 18.2 Å². The molecule has 1 aliphatic heterocycles. The zero-order chi connectivity index (χ0) is 28.9. The van der Waals surface area contributed by atoms with E-state index >= 15 is 0 Å². The van der Waals surface area contributed by atoms with Gasteiger partial charge >= 0.3 is 0 Å². The Morgan fingerprint density at radius 3 is 2.45 bits per heavy atom. The molecule has 0 spiro atoms. The molecule has 0 bridgehead atoms. The summed E-state index contributed by atoms with van der Waals surface area (Å²) in [4.78, 5) is 31.2. The molecule has 2 amide bonds. The van der Waals surface area contributed by atoms with Gasteiger partial charge in [0.25, 0.3) is 0 Å². The topological polar surface area (TPSA) is 105 Å². The second kappa shape index (κ2) is 13.3. The second-order valence-corrected chi connectivity index (χ2v) is 12.4. The zero-order valence-electron chi connectivity index (χ0n) is 24.3. The number of nitrogens with one attached hydrogen (secondary N) is 2. The van der Waals surface area contributed by atoms with Gasteiger partial charge in [-0.2, -0.15) is 0 Å². The van der Waals surface area contributed by atoms with Gasteiger partial charge in [-0.15, -0.1) is 0 Å². The summed E-state index contributed by atoms with van der Waals surface area (Å²) in [5.74, 6) is -0.706. The Balaban J connectivity index is 1.47. The van der Waals surface area contributed by atoms with Gasteiger partial charge in [-0.1, -0.05) is 61.5 Å². The van der Waals surface area contributed by atoms with Gasteiger partial charge in [0.1, 0.15) is 6.04 Å². The quantitative estimate of drug-likeness (QED) is 0.362. The molecule has 40 heavy (non-hydrogen) atoms. The molecule has 8 nitrogen and oxygen atoms in total. The largest absolute Gasteiger partial charge is 0.392 e. The van der Waals surface area contributed by atoms with Gasteiger partial charge < -0.3 is 25.7 Å². The van der Waals surface area contributed by atoms with Crippen molar-refractivity contribution in [3.63, 3.8) is 0 Å². The number of hydrogen-bond acceptors (Lipinski definition) is 6. The van der Waals surface area contributed by atoms with Crippen LogP contribution in [0.25, 0.3) is 0 Å². The van der Waals surface area contributed by atoms with Crippen LogP contribution in [0.15, 0.2) is 54.6 Å². The summed E-state index contributed by atoms with van der Waals surface area (Å²) in [7, 11) is 0. The number of likely N-dealkylation sites (N-methyl/N-ethyl adjacent to an activating group) is 1. The van der Waals surface area contributed by atoms with Crippen LogP contribution in [0.1, 0.15) is 56.8 Å². The molecular formula is C32H46N4O4. The van der Waals surface area contributed by atoms with Gasteiger partial charge in [-0.25, -0.2) is 0 Å². The van der Waals surface area contributed by atoms with Crippen LogP contribution in [0.3, 0.4) is 0 Å². The number of aliphatic hydroxyl groups excluding tert-OH is 2. The van der Waals surface area contributed by atoms with Crippen LogP contribution in [0.2, 0.25) is 0 Å². The lowest BCUT2D eigenvalue weighted by Crippen LogP contribution is -2.62. The highest BCUT2D eigenvalue weighted by Crippen LogP contribution is 2.32. The molecule has 0 aromatic heterocycles. The average Bonchev–Trinajstić information content (AvgIpc) is 3.22. The minimum absolute atomic E-state index is 0.0367. The minimum atomic E-state index is -0.793. The monoisotopic (exact) mass is 550 g/mol. The van der Waals surface area contributed by atoms with E-state index in [2.05, 4.69) is 27.4 Å². The van der Waals surface area contributed by atoms with E-state index < -0.39 is 24.2 Å². The van der Waals surface area contributed by atoms with Crippen molar-refractivity contribution >= 4 is 11.8 Å². The minimum Gasteiger partial charge on any atom is -0.392 e. The summed E-state index contributed by atoms with van der Waals surface area (Å²) in [6.45, 7) is 11.3. The van der Waals surface area contributed by atoms with Crippen LogP contribution in [-0.4, -0.2) is 88.3 Å². The van der Waals surface area contributed by atoms with E-state index in [1.807, 2.05) is 75.4 Å². The molecule has 1 aliphatic carbocycles. The van der Waals surface area contributed by atoms with Gasteiger partial charge in [0, 0.05) is 44.1 Å². The highest BCUT2D eigenvalue weighted by molar-refractivity contribution is 5.83. The Bertz CT molecular complexity index is 1140. The molecule has 5 atom stereocenters. The summed E-state index contributed by atoms with van der Waals surface area (Å²) < 4.78 is 0. The third-order valence-electron chi connectivity index (χ3n) is 8.02. The summed E-state index contributed by atoms with van der Waals surface area (Å²) >= 11 is 0. The molecule has 1 fully saturated rings. The highest BCUT2D eigenvalue weighted by atomic mass is 16.3. The number of aliphatic hydroxyl groups is 2. The number of carbonyl (C=O) groups excluding carboxylic acids is 2. The fraction of sp³-hybridized carbons (Fsp3) is 0.562. The van der Waals surface area contributed by atoms with E-state index in [1.165, 1.54) is 0 Å². The van der Waals surface area contributed by atoms with Gasteiger partial charge in [0.2, 0.25) is 11.8 Å². The van der Waals surface area contributed by atoms with E-state index in [9.17, 15) is 19.8 Å². The molecule has 0 saturated carbocycles. The molecule has 2 aromatic carbocycles. The SMILES string of the molecule is CCN1CCN(C[C@@H](O)C[C@@H](Cc2ccccc2)C(=O)NC2c3ccccc3C[C@H]2O)[C@H](C(=O)NC(C)(C)C)C1. The van der Waals surface area contributed by atoms with Crippen molar-refractivity contribution in [3.05, 3.63) is 71.3 Å². The maximum Gasteiger partial charge on any atom is 0.239 e. The average molecular weight is 551 g/mol. The lowest BCUT2D eigenvalue weighted by atomic mass is 9.91. The number of rotatable bonds is 10. The standard InChI is InChI=1S/C32H46N4O4/c1-5-35-15-16-36(27(21-35)31(40)34-32(2,3)4)20-25(37)18-24(17-22-11-7-6-8-12-22)30(39)33-29-26-14-10-9-13-23(26)19-28(29)38/h6-14,24-25,27-29,37-38H,5,15-21H2,1-4H3,(H,33,39)(H,34,40)/t24-,25+,27+,28-,29?/m1/s1. The number of β-amino-alcohol motifs (C(OH)–C–C–N with tert-alkyl or cyclic N) is 1. The third-order valence-corrected chi connectivity index (χ3v) is 8.02. The lowest BCUT2D eigenvalue weighted by Gasteiger charge is -2.42. The summed E-state index contributed by atoms with van der Waals surface area (Å²) in [6, 6.07) is 16.8. The predicted octanol–water partition coefficient (Wildman–Crippen LogP) is 2.29. The maximum absolute atomic E-state index is 13.7. The molecule has 4 N–H and O–H groups in total. The molecule has 8 heteroatoms. The Morgan fingerprint density at radius 2 is 1.75 bits per heavy atom. The third kappa shape index (κ3) is 7.91. The molecule has 1 heterocycles.